The van der Waals surface area contributed by atoms with Crippen molar-refractivity contribution in [1.82, 2.24) is 0 Å². The lowest BCUT2D eigenvalue weighted by Gasteiger charge is -2.18. The molecule has 0 bridgehead atoms. The number of rotatable bonds is 3. The normalized spacial score (nSPS) is 9.81. The van der Waals surface area contributed by atoms with Gasteiger partial charge in [0, 0.05) is 0 Å². The van der Waals surface area contributed by atoms with Crippen LogP contribution in [-0.4, -0.2) is 27.1 Å². The van der Waals surface area contributed by atoms with Crippen LogP contribution in [0.4, 0.5) is 9.59 Å². The summed E-state index contributed by atoms with van der Waals surface area (Å²) in [5.41, 5.74) is 7.84. The Kier molecular flexibility index (Phi) is 7.35. The Balaban J connectivity index is 0.000000279. The maximum absolute atomic E-state index is 9.44. The Hall–Kier alpha value is -3.37. The van der Waals surface area contributed by atoms with E-state index in [2.05, 4.69) is 91.0 Å². The summed E-state index contributed by atoms with van der Waals surface area (Å²) >= 11 is 0. The summed E-state index contributed by atoms with van der Waals surface area (Å²) in [6.07, 6.45) is -3.84. The Bertz CT molecular complexity index is 793. The molecule has 3 aromatic rings. The zero-order valence-electron chi connectivity index (χ0n) is 14.2. The standard InChI is InChI=1S/C18H15P.C2H2N2O4/c1-4-10-16(11-5-1)19(17-12-6-2-7-13-17)18-14-8-3-9-15-18;3-4(1(5)6)2(7)8/h1-15H;(H,5,6)(H,7,8). The molecule has 0 saturated carbocycles. The molecule has 27 heavy (non-hydrogen) atoms. The number of hydrogen-bond acceptors (Lipinski definition) is 2. The van der Waals surface area contributed by atoms with Crippen LogP contribution in [0.25, 0.3) is 5.53 Å². The summed E-state index contributed by atoms with van der Waals surface area (Å²) in [7, 11) is -0.446. The average molecular weight is 380 g/mol. The molecule has 7 heteroatoms. The SMILES string of the molecule is [N-]=[N+](C(=O)O)C(=O)O.c1ccc(P(c2ccccc2)c2ccccc2)cc1. The van der Waals surface area contributed by atoms with Crippen molar-refractivity contribution in [3.05, 3.63) is 96.5 Å². The van der Waals surface area contributed by atoms with Gasteiger partial charge in [0.15, 0.2) is 0 Å². The van der Waals surface area contributed by atoms with Crippen molar-refractivity contribution < 1.29 is 24.5 Å². The van der Waals surface area contributed by atoms with Crippen LogP contribution in [0.5, 0.6) is 0 Å². The summed E-state index contributed by atoms with van der Waals surface area (Å²) in [5.74, 6) is 0. The molecule has 136 valence electrons. The predicted molar refractivity (Wildman–Crippen MR) is 105 cm³/mol. The molecule has 0 aliphatic rings. The number of amides is 2. The van der Waals surface area contributed by atoms with Gasteiger partial charge in [0.25, 0.3) is 0 Å². The highest BCUT2D eigenvalue weighted by atomic mass is 31.1. The van der Waals surface area contributed by atoms with Crippen molar-refractivity contribution in [2.24, 2.45) is 0 Å². The van der Waals surface area contributed by atoms with Gasteiger partial charge in [-0.15, -0.1) is 4.70 Å². The van der Waals surface area contributed by atoms with Gasteiger partial charge >= 0.3 is 12.2 Å². The molecule has 6 nitrogen and oxygen atoms in total. The zero-order chi connectivity index (χ0) is 19.6. The maximum Gasteiger partial charge on any atom is 0.594 e. The number of carboxylic acid groups (broad SMARTS) is 2. The molecule has 3 aromatic carbocycles. The lowest BCUT2D eigenvalue weighted by Crippen LogP contribution is -2.20. The van der Waals surface area contributed by atoms with E-state index in [1.54, 1.807) is 0 Å². The van der Waals surface area contributed by atoms with Crippen molar-refractivity contribution in [1.29, 1.82) is 0 Å². The fourth-order valence-corrected chi connectivity index (χ4v) is 4.57. The fraction of sp³-hybridized carbons (Fsp3) is 0. The minimum absolute atomic E-state index is 0.446. The van der Waals surface area contributed by atoms with Crippen molar-refractivity contribution in [2.45, 2.75) is 0 Å². The second-order valence-corrected chi connectivity index (χ2v) is 7.44. The van der Waals surface area contributed by atoms with Crippen molar-refractivity contribution in [2.75, 3.05) is 0 Å². The average Bonchev–Trinajstić information content (AvgIpc) is 2.70. The Morgan fingerprint density at radius 1 is 0.630 bits per heavy atom. The molecule has 0 spiro atoms. The van der Waals surface area contributed by atoms with Crippen LogP contribution in [0.2, 0.25) is 0 Å². The molecule has 0 heterocycles. The van der Waals surface area contributed by atoms with Crippen LogP contribution in [0.1, 0.15) is 0 Å². The van der Waals surface area contributed by atoms with Gasteiger partial charge in [-0.05, 0) is 23.8 Å². The first-order valence-corrected chi connectivity index (χ1v) is 9.25. The van der Waals surface area contributed by atoms with Gasteiger partial charge in [0.2, 0.25) is 0 Å². The van der Waals surface area contributed by atoms with Gasteiger partial charge in [-0.25, -0.2) is 0 Å². The van der Waals surface area contributed by atoms with Gasteiger partial charge in [0.1, 0.15) is 0 Å². The smallest absolute Gasteiger partial charge is 0.481 e. The third-order valence-corrected chi connectivity index (χ3v) is 5.85. The Labute approximate surface area is 157 Å². The van der Waals surface area contributed by atoms with E-state index in [9.17, 15) is 9.59 Å². The second-order valence-electron chi connectivity index (χ2n) is 5.22. The zero-order valence-corrected chi connectivity index (χ0v) is 15.1. The predicted octanol–water partition coefficient (Wildman–Crippen LogP) is 3.82. The Morgan fingerprint density at radius 3 is 1.07 bits per heavy atom. The topological polar surface area (TPSA) is 99.9 Å². The molecule has 0 radical (unpaired) electrons. The van der Waals surface area contributed by atoms with Crippen LogP contribution in [0.3, 0.4) is 0 Å². The van der Waals surface area contributed by atoms with Crippen LogP contribution >= 0.6 is 7.92 Å². The molecule has 0 aromatic heterocycles. The quantitative estimate of drug-likeness (QED) is 0.410. The maximum atomic E-state index is 9.44. The molecule has 0 aliphatic heterocycles. The molecule has 3 rings (SSSR count). The van der Waals surface area contributed by atoms with Crippen LogP contribution in [0, 0.1) is 0 Å². The van der Waals surface area contributed by atoms with E-state index in [0.717, 1.165) is 0 Å². The first kappa shape index (κ1) is 19.9. The van der Waals surface area contributed by atoms with E-state index in [4.69, 9.17) is 15.7 Å². The van der Waals surface area contributed by atoms with E-state index in [1.807, 2.05) is 0 Å². The molecule has 0 aliphatic carbocycles. The number of hydrogen-bond donors (Lipinski definition) is 2. The summed E-state index contributed by atoms with van der Waals surface area (Å²) in [5, 5.41) is 19.5. The molecule has 0 unspecified atom stereocenters. The van der Waals surface area contributed by atoms with Gasteiger partial charge in [-0.1, -0.05) is 91.0 Å². The number of imide groups is 1. The molecule has 0 saturated heterocycles. The highest BCUT2D eigenvalue weighted by Crippen LogP contribution is 2.32. The number of benzene rings is 3. The summed E-state index contributed by atoms with van der Waals surface area (Å²) < 4.78 is -0.833. The minimum Gasteiger partial charge on any atom is -0.481 e. The highest BCUT2D eigenvalue weighted by molar-refractivity contribution is 7.79. The first-order chi connectivity index (χ1) is 13.0. The van der Waals surface area contributed by atoms with Gasteiger partial charge in [0.05, 0.1) is 0 Å². The molecule has 0 atom stereocenters. The van der Waals surface area contributed by atoms with Crippen LogP contribution in [-0.2, 0) is 0 Å². The second kappa shape index (κ2) is 9.94. The van der Waals surface area contributed by atoms with Gasteiger partial charge in [-0.3, -0.25) is 0 Å². The highest BCUT2D eigenvalue weighted by Gasteiger charge is 2.17. The molecule has 0 fully saturated rings. The van der Waals surface area contributed by atoms with E-state index < -0.39 is 24.8 Å². The van der Waals surface area contributed by atoms with Crippen molar-refractivity contribution >= 4 is 36.0 Å². The fourth-order valence-electron chi connectivity index (χ4n) is 2.26. The summed E-state index contributed by atoms with van der Waals surface area (Å²) in [6.45, 7) is 0. The summed E-state index contributed by atoms with van der Waals surface area (Å²) in [4.78, 5) is 18.9. The Morgan fingerprint density at radius 2 is 0.889 bits per heavy atom. The number of carbonyl (C=O) groups is 2. The van der Waals surface area contributed by atoms with E-state index >= 15 is 0 Å². The molecular formula is C20H17N2O4P. The largest absolute Gasteiger partial charge is 0.594 e. The molecular weight excluding hydrogens is 363 g/mol. The first-order valence-electron chi connectivity index (χ1n) is 7.91. The third kappa shape index (κ3) is 5.83. The minimum atomic E-state index is -1.92. The lowest BCUT2D eigenvalue weighted by molar-refractivity contribution is -0.383. The van der Waals surface area contributed by atoms with Gasteiger partial charge in [-0.2, -0.15) is 9.59 Å². The monoisotopic (exact) mass is 380 g/mol. The van der Waals surface area contributed by atoms with Gasteiger partial charge < -0.3 is 15.7 Å². The van der Waals surface area contributed by atoms with Crippen molar-refractivity contribution in [3.63, 3.8) is 0 Å². The summed E-state index contributed by atoms with van der Waals surface area (Å²) in [6, 6.07) is 32.3. The van der Waals surface area contributed by atoms with E-state index in [1.165, 1.54) is 15.9 Å². The molecule has 2 N–H and O–H groups in total. The number of nitrogens with zero attached hydrogens (tertiary/aromatic N) is 2. The lowest BCUT2D eigenvalue weighted by atomic mass is 10.4. The van der Waals surface area contributed by atoms with E-state index in [-0.39, 0.29) is 0 Å². The van der Waals surface area contributed by atoms with Crippen molar-refractivity contribution in [3.8, 4) is 0 Å². The van der Waals surface area contributed by atoms with Crippen LogP contribution in [0.15, 0.2) is 91.0 Å². The van der Waals surface area contributed by atoms with E-state index in [0.29, 0.717) is 0 Å². The molecule has 2 amide bonds. The van der Waals surface area contributed by atoms with Crippen LogP contribution < -0.4 is 15.9 Å². The third-order valence-electron chi connectivity index (χ3n) is 3.41.